The number of benzene rings is 1. The maximum Gasteiger partial charge on any atom is 0.328 e. The van der Waals surface area contributed by atoms with Crippen molar-refractivity contribution in [3.8, 4) is 0 Å². The van der Waals surface area contributed by atoms with Crippen LogP contribution in [-0.4, -0.2) is 37.5 Å². The van der Waals surface area contributed by atoms with E-state index in [1.807, 2.05) is 12.1 Å². The molecule has 0 spiro atoms. The summed E-state index contributed by atoms with van der Waals surface area (Å²) in [6.07, 6.45) is 7.30. The minimum absolute atomic E-state index is 0.194. The molecule has 142 valence electrons. The second-order valence-corrected chi connectivity index (χ2v) is 5.97. The number of esters is 1. The fourth-order valence-electron chi connectivity index (χ4n) is 2.48. The molecule has 2 N–H and O–H groups in total. The third kappa shape index (κ3) is 8.46. The van der Waals surface area contributed by atoms with Gasteiger partial charge in [-0.3, -0.25) is 9.59 Å². The molecule has 0 heterocycles. The molecule has 1 aromatic rings. The Morgan fingerprint density at radius 1 is 1.12 bits per heavy atom. The smallest absolute Gasteiger partial charge is 0.328 e. The largest absolute Gasteiger partial charge is 0.467 e. The fraction of sp³-hybridized carbons (Fsp3) is 0.450. The van der Waals surface area contributed by atoms with E-state index in [4.69, 9.17) is 4.74 Å². The van der Waals surface area contributed by atoms with Crippen LogP contribution in [0.25, 0.3) is 0 Å². The molecule has 2 amide bonds. The van der Waals surface area contributed by atoms with E-state index < -0.39 is 17.9 Å². The number of carbonyl (C=O) groups excluding carboxylic acids is 3. The summed E-state index contributed by atoms with van der Waals surface area (Å²) in [7, 11) is 1.29. The van der Waals surface area contributed by atoms with E-state index in [0.717, 1.165) is 32.1 Å². The van der Waals surface area contributed by atoms with Crippen molar-refractivity contribution in [2.45, 2.75) is 44.6 Å². The van der Waals surface area contributed by atoms with Crippen LogP contribution in [0, 0.1) is 0 Å². The number of methoxy groups -OCH3 is 1. The zero-order valence-electron chi connectivity index (χ0n) is 15.3. The number of carbonyl (C=O) groups is 3. The summed E-state index contributed by atoms with van der Waals surface area (Å²) in [5, 5.41) is 5.17. The van der Waals surface area contributed by atoms with E-state index >= 15 is 0 Å². The van der Waals surface area contributed by atoms with Gasteiger partial charge in [0.15, 0.2) is 0 Å². The molecule has 0 aliphatic rings. The Balaban J connectivity index is 2.38. The second-order valence-electron chi connectivity index (χ2n) is 5.97. The van der Waals surface area contributed by atoms with Gasteiger partial charge in [-0.1, -0.05) is 43.5 Å². The maximum absolute atomic E-state index is 12.0. The number of hydrogen-bond donors (Lipinski definition) is 2. The lowest BCUT2D eigenvalue weighted by molar-refractivity contribution is -0.145. The predicted octanol–water partition coefficient (Wildman–Crippen LogP) is 2.60. The standard InChI is InChI=1S/C20H28N2O4/c1-3-4-5-6-7-11-14-17(20(25)26-2)22-18(23)15-21-19(24)16-12-9-8-10-13-16/h3,8-10,12-13,17H,1,4-7,11,14-15H2,2H3,(H,21,24)(H,22,23)/t17-/m1/s1. The molecule has 0 radical (unpaired) electrons. The van der Waals surface area contributed by atoms with E-state index in [1.165, 1.54) is 7.11 Å². The number of rotatable bonds is 12. The minimum Gasteiger partial charge on any atom is -0.467 e. The predicted molar refractivity (Wildman–Crippen MR) is 101 cm³/mol. The van der Waals surface area contributed by atoms with Crippen LogP contribution in [0.3, 0.4) is 0 Å². The zero-order chi connectivity index (χ0) is 19.2. The average Bonchev–Trinajstić information content (AvgIpc) is 2.67. The molecule has 6 nitrogen and oxygen atoms in total. The van der Waals surface area contributed by atoms with Crippen molar-refractivity contribution in [1.82, 2.24) is 10.6 Å². The van der Waals surface area contributed by atoms with Crippen molar-refractivity contribution in [2.24, 2.45) is 0 Å². The van der Waals surface area contributed by atoms with E-state index in [0.29, 0.717) is 12.0 Å². The summed E-state index contributed by atoms with van der Waals surface area (Å²) in [6.45, 7) is 3.49. The SMILES string of the molecule is C=CCCCCCC[C@@H](NC(=O)CNC(=O)c1ccccc1)C(=O)OC. The summed E-state index contributed by atoms with van der Waals surface area (Å²) in [4.78, 5) is 35.8. The highest BCUT2D eigenvalue weighted by Crippen LogP contribution is 2.09. The van der Waals surface area contributed by atoms with Gasteiger partial charge in [-0.05, 0) is 31.4 Å². The minimum atomic E-state index is -0.694. The summed E-state index contributed by atoms with van der Waals surface area (Å²) in [6, 6.07) is 7.94. The second kappa shape index (κ2) is 12.7. The van der Waals surface area contributed by atoms with Gasteiger partial charge in [-0.25, -0.2) is 4.79 Å². The monoisotopic (exact) mass is 360 g/mol. The van der Waals surface area contributed by atoms with Crippen LogP contribution < -0.4 is 10.6 Å². The highest BCUT2D eigenvalue weighted by molar-refractivity contribution is 5.96. The first kappa shape index (κ1) is 21.4. The summed E-state index contributed by atoms with van der Waals surface area (Å²) in [5.41, 5.74) is 0.476. The molecule has 26 heavy (non-hydrogen) atoms. The number of amides is 2. The number of unbranched alkanes of at least 4 members (excludes halogenated alkanes) is 4. The van der Waals surface area contributed by atoms with Gasteiger partial charge in [0.25, 0.3) is 5.91 Å². The fourth-order valence-corrected chi connectivity index (χ4v) is 2.48. The van der Waals surface area contributed by atoms with E-state index in [-0.39, 0.29) is 12.5 Å². The van der Waals surface area contributed by atoms with Crippen molar-refractivity contribution in [3.05, 3.63) is 48.6 Å². The third-order valence-electron chi connectivity index (χ3n) is 3.92. The van der Waals surface area contributed by atoms with Crippen LogP contribution in [0.2, 0.25) is 0 Å². The highest BCUT2D eigenvalue weighted by Gasteiger charge is 2.21. The van der Waals surface area contributed by atoms with Gasteiger partial charge in [0.1, 0.15) is 6.04 Å². The molecule has 0 saturated heterocycles. The van der Waals surface area contributed by atoms with Crippen molar-refractivity contribution in [1.29, 1.82) is 0 Å². The zero-order valence-corrected chi connectivity index (χ0v) is 15.3. The van der Waals surface area contributed by atoms with Crippen LogP contribution in [0.5, 0.6) is 0 Å². The average molecular weight is 360 g/mol. The molecule has 0 saturated carbocycles. The van der Waals surface area contributed by atoms with Crippen LogP contribution >= 0.6 is 0 Å². The molecular formula is C20H28N2O4. The Morgan fingerprint density at radius 3 is 2.46 bits per heavy atom. The maximum atomic E-state index is 12.0. The first-order valence-electron chi connectivity index (χ1n) is 8.89. The summed E-state index contributed by atoms with van der Waals surface area (Å²) in [5.74, 6) is -1.23. The van der Waals surface area contributed by atoms with Crippen molar-refractivity contribution in [2.75, 3.05) is 13.7 Å². The normalized spacial score (nSPS) is 11.3. The molecular weight excluding hydrogens is 332 g/mol. The van der Waals surface area contributed by atoms with Gasteiger partial charge in [-0.2, -0.15) is 0 Å². The Bertz CT molecular complexity index is 587. The van der Waals surface area contributed by atoms with E-state index in [2.05, 4.69) is 17.2 Å². The number of nitrogens with one attached hydrogen (secondary N) is 2. The Kier molecular flexibility index (Phi) is 10.5. The molecule has 0 bridgehead atoms. The van der Waals surface area contributed by atoms with Crippen molar-refractivity contribution >= 4 is 17.8 Å². The van der Waals surface area contributed by atoms with Crippen molar-refractivity contribution in [3.63, 3.8) is 0 Å². The Hall–Kier alpha value is -2.63. The Labute approximate surface area is 155 Å². The van der Waals surface area contributed by atoms with Gasteiger partial charge in [0.2, 0.25) is 5.91 Å². The molecule has 6 heteroatoms. The summed E-state index contributed by atoms with van der Waals surface area (Å²) < 4.78 is 4.75. The third-order valence-corrected chi connectivity index (χ3v) is 3.92. The van der Waals surface area contributed by atoms with Crippen LogP contribution in [0.15, 0.2) is 43.0 Å². The van der Waals surface area contributed by atoms with Gasteiger partial charge in [-0.15, -0.1) is 6.58 Å². The number of ether oxygens (including phenoxy) is 1. The van der Waals surface area contributed by atoms with E-state index in [1.54, 1.807) is 24.3 Å². The van der Waals surface area contributed by atoms with Crippen molar-refractivity contribution < 1.29 is 19.1 Å². The quantitative estimate of drug-likeness (QED) is 0.341. The molecule has 1 aromatic carbocycles. The van der Waals surface area contributed by atoms with Gasteiger partial charge in [0, 0.05) is 5.56 Å². The topological polar surface area (TPSA) is 84.5 Å². The highest BCUT2D eigenvalue weighted by atomic mass is 16.5. The first-order valence-corrected chi connectivity index (χ1v) is 8.89. The lowest BCUT2D eigenvalue weighted by Gasteiger charge is -2.16. The van der Waals surface area contributed by atoms with Crippen LogP contribution in [0.4, 0.5) is 0 Å². The van der Waals surface area contributed by atoms with Crippen LogP contribution in [-0.2, 0) is 14.3 Å². The summed E-state index contributed by atoms with van der Waals surface area (Å²) >= 11 is 0. The first-order chi connectivity index (χ1) is 12.6. The van der Waals surface area contributed by atoms with Gasteiger partial charge >= 0.3 is 5.97 Å². The van der Waals surface area contributed by atoms with Gasteiger partial charge in [0.05, 0.1) is 13.7 Å². The molecule has 0 unspecified atom stereocenters. The van der Waals surface area contributed by atoms with E-state index in [9.17, 15) is 14.4 Å². The number of hydrogen-bond acceptors (Lipinski definition) is 4. The Morgan fingerprint density at radius 2 is 1.81 bits per heavy atom. The van der Waals surface area contributed by atoms with Gasteiger partial charge < -0.3 is 15.4 Å². The molecule has 0 aliphatic carbocycles. The lowest BCUT2D eigenvalue weighted by Crippen LogP contribution is -2.46. The van der Waals surface area contributed by atoms with Crippen LogP contribution in [0.1, 0.15) is 48.9 Å². The molecule has 0 aliphatic heterocycles. The lowest BCUT2D eigenvalue weighted by atomic mass is 10.1. The number of allylic oxidation sites excluding steroid dienone is 1. The molecule has 1 atom stereocenters. The molecule has 1 rings (SSSR count). The molecule has 0 aromatic heterocycles. The molecule has 0 fully saturated rings.